The van der Waals surface area contributed by atoms with E-state index in [4.69, 9.17) is 34.8 Å². The molecule has 2 aromatic rings. The van der Waals surface area contributed by atoms with Crippen LogP contribution in [0.3, 0.4) is 0 Å². The van der Waals surface area contributed by atoms with Gasteiger partial charge in [0.25, 0.3) is 0 Å². The molecule has 0 aliphatic carbocycles. The molecule has 2 rings (SSSR count). The number of hydrogen-bond acceptors (Lipinski definition) is 0. The highest BCUT2D eigenvalue weighted by Crippen LogP contribution is 2.35. The summed E-state index contributed by atoms with van der Waals surface area (Å²) in [6, 6.07) is 12.7. The Kier molecular flexibility index (Phi) is 5.54. The Morgan fingerprint density at radius 3 is 2.14 bits per heavy atom. The van der Waals surface area contributed by atoms with E-state index in [0.29, 0.717) is 28.8 Å². The molecule has 0 atom stereocenters. The van der Waals surface area contributed by atoms with Crippen molar-refractivity contribution in [3.63, 3.8) is 0 Å². The van der Waals surface area contributed by atoms with Crippen molar-refractivity contribution in [3.8, 4) is 0 Å². The lowest BCUT2D eigenvalue weighted by atomic mass is 9.78. The lowest BCUT2D eigenvalue weighted by molar-refractivity contribution is 0.512. The molecule has 0 N–H and O–H groups in total. The van der Waals surface area contributed by atoms with Crippen LogP contribution in [0.5, 0.6) is 0 Å². The van der Waals surface area contributed by atoms with Crippen molar-refractivity contribution in [2.24, 2.45) is 0 Å². The molecule has 0 spiro atoms. The van der Waals surface area contributed by atoms with E-state index in [2.05, 4.69) is 0 Å². The summed E-state index contributed by atoms with van der Waals surface area (Å²) in [5, 5.41) is 0.404. The van der Waals surface area contributed by atoms with Crippen LogP contribution in [0, 0.1) is 12.7 Å². The van der Waals surface area contributed by atoms with Crippen LogP contribution in [0.1, 0.15) is 16.7 Å². The van der Waals surface area contributed by atoms with Crippen molar-refractivity contribution >= 4 is 34.8 Å². The fourth-order valence-corrected chi connectivity index (χ4v) is 3.35. The third kappa shape index (κ3) is 3.53. The van der Waals surface area contributed by atoms with Gasteiger partial charge in [-0.25, -0.2) is 4.39 Å². The second-order valence-electron chi connectivity index (χ2n) is 5.29. The lowest BCUT2D eigenvalue weighted by Gasteiger charge is -2.31. The molecule has 4 heteroatoms. The number of aryl methyl sites for hydroxylation is 1. The highest BCUT2D eigenvalue weighted by Gasteiger charge is 2.32. The van der Waals surface area contributed by atoms with Crippen LogP contribution >= 0.6 is 34.8 Å². The molecule has 0 aromatic heterocycles. The van der Waals surface area contributed by atoms with Gasteiger partial charge < -0.3 is 0 Å². The van der Waals surface area contributed by atoms with E-state index in [9.17, 15) is 4.39 Å². The van der Waals surface area contributed by atoms with Gasteiger partial charge in [-0.2, -0.15) is 0 Å². The normalized spacial score (nSPS) is 11.7. The van der Waals surface area contributed by atoms with Crippen LogP contribution in [0.15, 0.2) is 42.5 Å². The van der Waals surface area contributed by atoms with Gasteiger partial charge in [-0.05, 0) is 31.0 Å². The van der Waals surface area contributed by atoms with Gasteiger partial charge in [0, 0.05) is 27.8 Å². The quantitative estimate of drug-likeness (QED) is 0.606. The van der Waals surface area contributed by atoms with E-state index >= 15 is 0 Å². The molecule has 2 aromatic carbocycles. The maximum Gasteiger partial charge on any atom is 0.127 e. The SMILES string of the molecule is Cc1ccc(C(CCl)(CCl)Cc2c(F)cccc2Cl)cc1. The van der Waals surface area contributed by atoms with Crippen LogP contribution in [-0.4, -0.2) is 11.8 Å². The number of hydrogen-bond donors (Lipinski definition) is 0. The molecule has 0 aliphatic rings. The fourth-order valence-electron chi connectivity index (χ4n) is 2.33. The molecule has 0 saturated heterocycles. The highest BCUT2D eigenvalue weighted by atomic mass is 35.5. The highest BCUT2D eigenvalue weighted by molar-refractivity contribution is 6.31. The summed E-state index contributed by atoms with van der Waals surface area (Å²) >= 11 is 18.5. The van der Waals surface area contributed by atoms with Crippen LogP contribution in [0.2, 0.25) is 5.02 Å². The predicted molar refractivity (Wildman–Crippen MR) is 89.4 cm³/mol. The largest absolute Gasteiger partial charge is 0.207 e. The lowest BCUT2D eigenvalue weighted by Crippen LogP contribution is -2.33. The summed E-state index contributed by atoms with van der Waals surface area (Å²) in [6.45, 7) is 2.01. The smallest absolute Gasteiger partial charge is 0.127 e. The summed E-state index contributed by atoms with van der Waals surface area (Å²) in [6.07, 6.45) is 0.370. The molecular weight excluding hydrogens is 330 g/mol. The molecule has 112 valence electrons. The molecule has 0 radical (unpaired) electrons. The van der Waals surface area contributed by atoms with Crippen molar-refractivity contribution in [1.82, 2.24) is 0 Å². The Morgan fingerprint density at radius 1 is 1.00 bits per heavy atom. The summed E-state index contributed by atoms with van der Waals surface area (Å²) in [7, 11) is 0. The third-order valence-corrected chi connectivity index (χ3v) is 5.13. The average Bonchev–Trinajstić information content (AvgIpc) is 2.49. The Hall–Kier alpha value is -0.760. The number of benzene rings is 2. The van der Waals surface area contributed by atoms with Gasteiger partial charge in [0.15, 0.2) is 0 Å². The third-order valence-electron chi connectivity index (χ3n) is 3.75. The summed E-state index contributed by atoms with van der Waals surface area (Å²) in [4.78, 5) is 0. The Bertz CT molecular complexity index is 584. The predicted octanol–water partition coefficient (Wildman–Crippen LogP) is 5.75. The van der Waals surface area contributed by atoms with E-state index < -0.39 is 5.41 Å². The minimum Gasteiger partial charge on any atom is -0.207 e. The van der Waals surface area contributed by atoms with Gasteiger partial charge in [-0.15, -0.1) is 23.2 Å². The Labute approximate surface area is 139 Å². The second kappa shape index (κ2) is 7.00. The molecule has 0 aliphatic heterocycles. The average molecular weight is 346 g/mol. The molecule has 0 fully saturated rings. The number of halogens is 4. The maximum atomic E-state index is 14.1. The van der Waals surface area contributed by atoms with E-state index in [1.807, 2.05) is 31.2 Å². The van der Waals surface area contributed by atoms with Gasteiger partial charge in [0.05, 0.1) is 0 Å². The van der Waals surface area contributed by atoms with Crippen molar-refractivity contribution in [3.05, 3.63) is 70.0 Å². The molecule has 0 bridgehead atoms. The Balaban J connectivity index is 2.45. The number of rotatable bonds is 5. The molecule has 0 unspecified atom stereocenters. The zero-order chi connectivity index (χ0) is 15.5. The van der Waals surface area contributed by atoms with Crippen molar-refractivity contribution in [2.75, 3.05) is 11.8 Å². The minimum atomic E-state index is -0.539. The van der Waals surface area contributed by atoms with E-state index in [-0.39, 0.29) is 5.82 Å². The fraction of sp³-hybridized carbons (Fsp3) is 0.294. The van der Waals surface area contributed by atoms with Crippen molar-refractivity contribution in [1.29, 1.82) is 0 Å². The van der Waals surface area contributed by atoms with Crippen molar-refractivity contribution in [2.45, 2.75) is 18.8 Å². The molecule has 21 heavy (non-hydrogen) atoms. The first-order valence-corrected chi connectivity index (χ1v) is 8.09. The first-order valence-electron chi connectivity index (χ1n) is 6.64. The maximum absolute atomic E-state index is 14.1. The topological polar surface area (TPSA) is 0 Å². The summed E-state index contributed by atoms with van der Waals surface area (Å²) in [5.41, 5.74) is 2.07. The zero-order valence-electron chi connectivity index (χ0n) is 11.7. The second-order valence-corrected chi connectivity index (χ2v) is 6.23. The van der Waals surface area contributed by atoms with Gasteiger partial charge in [-0.3, -0.25) is 0 Å². The van der Waals surface area contributed by atoms with Crippen molar-refractivity contribution < 1.29 is 4.39 Å². The molecule has 0 nitrogen and oxygen atoms in total. The Morgan fingerprint density at radius 2 is 1.62 bits per heavy atom. The van der Waals surface area contributed by atoms with Gasteiger partial charge >= 0.3 is 0 Å². The van der Waals surface area contributed by atoms with Crippen LogP contribution in [-0.2, 0) is 11.8 Å². The first-order chi connectivity index (χ1) is 10.0. The minimum absolute atomic E-state index is 0.296. The first kappa shape index (κ1) is 16.6. The molecule has 0 amide bonds. The van der Waals surface area contributed by atoms with Crippen LogP contribution < -0.4 is 0 Å². The van der Waals surface area contributed by atoms with Crippen LogP contribution in [0.25, 0.3) is 0 Å². The van der Waals surface area contributed by atoms with Gasteiger partial charge in [-0.1, -0.05) is 47.5 Å². The van der Waals surface area contributed by atoms with E-state index in [1.54, 1.807) is 12.1 Å². The van der Waals surface area contributed by atoms with Crippen LogP contribution in [0.4, 0.5) is 4.39 Å². The standard InChI is InChI=1S/C17H16Cl3F/c1-12-5-7-13(8-6-12)17(10-18,11-19)9-14-15(20)3-2-4-16(14)21/h2-8H,9-11H2,1H3. The van der Waals surface area contributed by atoms with E-state index in [0.717, 1.165) is 11.1 Å². The zero-order valence-corrected chi connectivity index (χ0v) is 13.9. The van der Waals surface area contributed by atoms with E-state index in [1.165, 1.54) is 6.07 Å². The monoisotopic (exact) mass is 344 g/mol. The summed E-state index contributed by atoms with van der Waals surface area (Å²) in [5.74, 6) is 0.267. The molecule has 0 heterocycles. The van der Waals surface area contributed by atoms with Gasteiger partial charge in [0.1, 0.15) is 5.82 Å². The number of alkyl halides is 2. The van der Waals surface area contributed by atoms with Gasteiger partial charge in [0.2, 0.25) is 0 Å². The summed E-state index contributed by atoms with van der Waals surface area (Å²) < 4.78 is 14.1. The molecular formula is C17H16Cl3F. The molecule has 0 saturated carbocycles.